The van der Waals surface area contributed by atoms with Gasteiger partial charge in [-0.2, -0.15) is 4.39 Å². The summed E-state index contributed by atoms with van der Waals surface area (Å²) in [6, 6.07) is 9.60. The number of nitrogens with zero attached hydrogens (tertiary/aromatic N) is 1. The fraction of sp³-hybridized carbons (Fsp3) is 0.676. The molecule has 240 valence electrons. The monoisotopic (exact) mass is 602 g/mol. The molecule has 0 saturated carbocycles. The smallest absolute Gasteiger partial charge is 0.330 e. The van der Waals surface area contributed by atoms with Crippen molar-refractivity contribution in [1.29, 1.82) is 0 Å². The van der Waals surface area contributed by atoms with Gasteiger partial charge in [-0.15, -0.1) is 0 Å². The Morgan fingerprint density at radius 3 is 2.09 bits per heavy atom. The van der Waals surface area contributed by atoms with Gasteiger partial charge in [0.05, 0.1) is 18.9 Å². The lowest BCUT2D eigenvalue weighted by atomic mass is 10.0. The number of esters is 1. The van der Waals surface area contributed by atoms with E-state index in [0.29, 0.717) is 13.0 Å². The third-order valence-corrected chi connectivity index (χ3v) is 8.12. The molecule has 0 aliphatic carbocycles. The summed E-state index contributed by atoms with van der Waals surface area (Å²) < 4.78 is 32.5. The third-order valence-electron chi connectivity index (χ3n) is 8.12. The maximum absolute atomic E-state index is 13.9. The van der Waals surface area contributed by atoms with Gasteiger partial charge in [0.1, 0.15) is 18.9 Å². The van der Waals surface area contributed by atoms with E-state index in [1.807, 2.05) is 35.3 Å². The molecule has 0 radical (unpaired) electrons. The molecule has 1 aliphatic heterocycles. The van der Waals surface area contributed by atoms with Gasteiger partial charge in [0.2, 0.25) is 5.82 Å². The molecule has 3 rings (SSSR count). The highest BCUT2D eigenvalue weighted by Crippen LogP contribution is 2.31. The van der Waals surface area contributed by atoms with Gasteiger partial charge in [-0.3, -0.25) is 19.1 Å². The Morgan fingerprint density at radius 2 is 1.49 bits per heavy atom. The van der Waals surface area contributed by atoms with E-state index in [0.717, 1.165) is 35.6 Å². The van der Waals surface area contributed by atoms with Crippen LogP contribution in [-0.2, 0) is 25.6 Å². The van der Waals surface area contributed by atoms with E-state index in [4.69, 9.17) is 14.2 Å². The minimum atomic E-state index is -1.08. The molecule has 9 heteroatoms. The molecule has 1 aromatic heterocycles. The van der Waals surface area contributed by atoms with Gasteiger partial charge in [0.25, 0.3) is 5.56 Å². The van der Waals surface area contributed by atoms with E-state index >= 15 is 0 Å². The van der Waals surface area contributed by atoms with Gasteiger partial charge < -0.3 is 14.2 Å². The van der Waals surface area contributed by atoms with Crippen LogP contribution in [0.2, 0.25) is 0 Å². The standard InChI is InChI=1S/C34H51FN2O6/c1-2-3-4-5-6-7-8-9-10-11-12-13-14-15-19-22-32(38)42-26-30-29(41-25-27-20-17-16-18-21-27)23-31(43-30)37-24-28(35)33(39)36-34(37)40/h16-18,20-21,24,29-31H,2-15,19,22-23,25-26H2,1H3,(H,36,39,40)/t29-,30+,31+/m0/s1. The van der Waals surface area contributed by atoms with Crippen LogP contribution in [0.25, 0.3) is 0 Å². The van der Waals surface area contributed by atoms with Crippen LogP contribution in [-0.4, -0.2) is 34.3 Å². The van der Waals surface area contributed by atoms with Gasteiger partial charge in [-0.05, 0) is 12.0 Å². The first-order valence-corrected chi connectivity index (χ1v) is 16.5. The van der Waals surface area contributed by atoms with Crippen molar-refractivity contribution in [1.82, 2.24) is 9.55 Å². The Hall–Kier alpha value is -2.78. The summed E-state index contributed by atoms with van der Waals surface area (Å²) in [4.78, 5) is 38.1. The molecule has 2 aromatic rings. The van der Waals surface area contributed by atoms with Crippen LogP contribution in [0.3, 0.4) is 0 Å². The molecule has 0 spiro atoms. The van der Waals surface area contributed by atoms with Crippen molar-refractivity contribution in [3.63, 3.8) is 0 Å². The van der Waals surface area contributed by atoms with Crippen molar-refractivity contribution in [2.75, 3.05) is 6.61 Å². The lowest BCUT2D eigenvalue weighted by molar-refractivity contribution is -0.151. The summed E-state index contributed by atoms with van der Waals surface area (Å²) in [6.07, 6.45) is 18.4. The predicted molar refractivity (Wildman–Crippen MR) is 165 cm³/mol. The first-order valence-electron chi connectivity index (χ1n) is 16.5. The molecule has 0 amide bonds. The van der Waals surface area contributed by atoms with Crippen molar-refractivity contribution in [3.05, 3.63) is 68.7 Å². The maximum Gasteiger partial charge on any atom is 0.330 e. The number of rotatable bonds is 22. The number of halogens is 1. The van der Waals surface area contributed by atoms with Crippen molar-refractivity contribution in [3.8, 4) is 0 Å². The summed E-state index contributed by atoms with van der Waals surface area (Å²) in [6.45, 7) is 2.53. The van der Waals surface area contributed by atoms with E-state index in [1.165, 1.54) is 77.0 Å². The van der Waals surface area contributed by atoms with Gasteiger partial charge in [-0.25, -0.2) is 4.79 Å². The van der Waals surface area contributed by atoms with Crippen LogP contribution in [0.5, 0.6) is 0 Å². The highest BCUT2D eigenvalue weighted by molar-refractivity contribution is 5.69. The average molecular weight is 603 g/mol. The number of unbranched alkanes of at least 4 members (excludes halogenated alkanes) is 14. The van der Waals surface area contributed by atoms with E-state index in [2.05, 4.69) is 6.92 Å². The first kappa shape index (κ1) is 34.7. The third kappa shape index (κ3) is 13.2. The normalized spacial score (nSPS) is 18.2. The predicted octanol–water partition coefficient (Wildman–Crippen LogP) is 7.35. The second-order valence-corrected chi connectivity index (χ2v) is 11.7. The molecule has 2 heterocycles. The Morgan fingerprint density at radius 1 is 0.907 bits per heavy atom. The zero-order valence-corrected chi connectivity index (χ0v) is 25.9. The Labute approximate surface area is 255 Å². The molecule has 1 saturated heterocycles. The van der Waals surface area contributed by atoms with Crippen molar-refractivity contribution < 1.29 is 23.4 Å². The zero-order valence-electron chi connectivity index (χ0n) is 25.9. The molecule has 1 fully saturated rings. The van der Waals surface area contributed by atoms with E-state index in [1.54, 1.807) is 0 Å². The molecule has 0 unspecified atom stereocenters. The van der Waals surface area contributed by atoms with Gasteiger partial charge in [-0.1, -0.05) is 127 Å². The second kappa shape index (κ2) is 20.2. The van der Waals surface area contributed by atoms with Crippen LogP contribution < -0.4 is 11.2 Å². The largest absolute Gasteiger partial charge is 0.463 e. The van der Waals surface area contributed by atoms with Crippen LogP contribution in [0.15, 0.2) is 46.1 Å². The SMILES string of the molecule is CCCCCCCCCCCCCCCCCC(=O)OC[C@H]1O[C@@H](n2cc(F)c(=O)[nH]c2=O)C[C@@H]1OCc1ccccc1. The van der Waals surface area contributed by atoms with Crippen molar-refractivity contribution in [2.45, 2.75) is 141 Å². The molecule has 1 aliphatic rings. The number of carbonyl (C=O) groups excluding carboxylic acids is 1. The number of ether oxygens (including phenoxy) is 3. The quantitative estimate of drug-likeness (QED) is 0.112. The number of aromatic nitrogens is 2. The molecule has 0 bridgehead atoms. The van der Waals surface area contributed by atoms with Crippen molar-refractivity contribution >= 4 is 5.97 Å². The number of aromatic amines is 1. The summed E-state index contributed by atoms with van der Waals surface area (Å²) in [5.74, 6) is -1.38. The number of nitrogens with one attached hydrogen (secondary N) is 1. The molecule has 43 heavy (non-hydrogen) atoms. The molecule has 3 atom stereocenters. The lowest BCUT2D eigenvalue weighted by Gasteiger charge is -2.19. The Balaban J connectivity index is 1.32. The summed E-state index contributed by atoms with van der Waals surface area (Å²) in [7, 11) is 0. The number of benzene rings is 1. The Bertz CT molecular complexity index is 1170. The van der Waals surface area contributed by atoms with Crippen molar-refractivity contribution in [2.24, 2.45) is 0 Å². The average Bonchev–Trinajstić information content (AvgIpc) is 3.42. The van der Waals surface area contributed by atoms with Crippen LogP contribution in [0.1, 0.15) is 128 Å². The highest BCUT2D eigenvalue weighted by Gasteiger charge is 2.38. The molecule has 1 aromatic carbocycles. The topological polar surface area (TPSA) is 99.6 Å². The van der Waals surface area contributed by atoms with E-state index in [-0.39, 0.29) is 19.0 Å². The number of hydrogen-bond donors (Lipinski definition) is 1. The fourth-order valence-corrected chi connectivity index (χ4v) is 5.54. The fourth-order valence-electron chi connectivity index (χ4n) is 5.54. The van der Waals surface area contributed by atoms with E-state index in [9.17, 15) is 18.8 Å². The lowest BCUT2D eigenvalue weighted by Crippen LogP contribution is -2.34. The number of hydrogen-bond acceptors (Lipinski definition) is 6. The molecule has 1 N–H and O–H groups in total. The van der Waals surface area contributed by atoms with Gasteiger partial charge in [0, 0.05) is 12.8 Å². The maximum atomic E-state index is 13.9. The zero-order chi connectivity index (χ0) is 30.7. The number of carbonyl (C=O) groups is 1. The van der Waals surface area contributed by atoms with Gasteiger partial charge in [0.15, 0.2) is 0 Å². The summed E-state index contributed by atoms with van der Waals surface area (Å²) in [5.41, 5.74) is -0.897. The van der Waals surface area contributed by atoms with E-state index < -0.39 is 35.5 Å². The highest BCUT2D eigenvalue weighted by atomic mass is 19.1. The second-order valence-electron chi connectivity index (χ2n) is 11.7. The number of H-pyrrole nitrogens is 1. The van der Waals surface area contributed by atoms with Gasteiger partial charge >= 0.3 is 11.7 Å². The molecule has 8 nitrogen and oxygen atoms in total. The minimum Gasteiger partial charge on any atom is -0.463 e. The molecular weight excluding hydrogens is 551 g/mol. The van der Waals surface area contributed by atoms with Crippen LogP contribution in [0, 0.1) is 5.82 Å². The Kier molecular flexibility index (Phi) is 16.3. The molecular formula is C34H51FN2O6. The first-order chi connectivity index (χ1) is 21.0. The van der Waals surface area contributed by atoms with Crippen LogP contribution >= 0.6 is 0 Å². The minimum absolute atomic E-state index is 0.0336. The van der Waals surface area contributed by atoms with Crippen LogP contribution in [0.4, 0.5) is 4.39 Å². The summed E-state index contributed by atoms with van der Waals surface area (Å²) in [5, 5.41) is 0. The summed E-state index contributed by atoms with van der Waals surface area (Å²) >= 11 is 0.